The van der Waals surface area contributed by atoms with Crippen LogP contribution in [0.5, 0.6) is 0 Å². The van der Waals surface area contributed by atoms with Crippen molar-refractivity contribution in [2.45, 2.75) is 12.5 Å². The van der Waals surface area contributed by atoms with Crippen LogP contribution in [0.25, 0.3) is 0 Å². The van der Waals surface area contributed by atoms with Gasteiger partial charge in [0.2, 0.25) is 0 Å². The summed E-state index contributed by atoms with van der Waals surface area (Å²) >= 11 is 2.18. The molecule has 0 aliphatic carbocycles. The lowest BCUT2D eigenvalue weighted by atomic mass is 10.1. The fourth-order valence-electron chi connectivity index (χ4n) is 0.918. The Morgan fingerprint density at radius 2 is 2.00 bits per heavy atom. The fraction of sp³-hybridized carbons (Fsp3) is 0.300. The van der Waals surface area contributed by atoms with Crippen LogP contribution in [0.2, 0.25) is 0 Å². The van der Waals surface area contributed by atoms with E-state index in [1.54, 1.807) is 0 Å². The van der Waals surface area contributed by atoms with Crippen LogP contribution in [0.3, 0.4) is 0 Å². The summed E-state index contributed by atoms with van der Waals surface area (Å²) in [5.74, 6) is -1.24. The summed E-state index contributed by atoms with van der Waals surface area (Å²) < 4.78 is 1.10. The van der Waals surface area contributed by atoms with Crippen molar-refractivity contribution in [2.24, 2.45) is 0 Å². The molecule has 0 aliphatic heterocycles. The van der Waals surface area contributed by atoms with Gasteiger partial charge in [-0.2, -0.15) is 0 Å². The Kier molecular flexibility index (Phi) is 3.92. The Morgan fingerprint density at radius 3 is 2.47 bits per heavy atom. The number of nitrogens with one attached hydrogen (secondary N) is 1. The second-order valence-electron chi connectivity index (χ2n) is 3.44. The van der Waals surface area contributed by atoms with E-state index < -0.39 is 11.6 Å². The van der Waals surface area contributed by atoms with Gasteiger partial charge < -0.3 is 15.5 Å². The number of carboxylic acids is 1. The number of rotatable bonds is 4. The van der Waals surface area contributed by atoms with Gasteiger partial charge in [-0.15, -0.1) is 0 Å². The zero-order valence-electron chi connectivity index (χ0n) is 8.20. The van der Waals surface area contributed by atoms with Gasteiger partial charge in [0.15, 0.2) is 5.60 Å². The third kappa shape index (κ3) is 3.67. The number of aliphatic hydroxyl groups is 1. The molecule has 0 saturated heterocycles. The van der Waals surface area contributed by atoms with Crippen molar-refractivity contribution < 1.29 is 15.0 Å². The third-order valence-corrected chi connectivity index (χ3v) is 2.66. The van der Waals surface area contributed by atoms with Crippen LogP contribution in [-0.4, -0.2) is 28.3 Å². The monoisotopic (exact) mass is 321 g/mol. The van der Waals surface area contributed by atoms with E-state index in [2.05, 4.69) is 27.9 Å². The molecule has 0 bridgehead atoms. The minimum atomic E-state index is -1.75. The molecular formula is C10H12INO3. The number of benzene rings is 1. The van der Waals surface area contributed by atoms with E-state index in [-0.39, 0.29) is 6.54 Å². The molecule has 0 spiro atoms. The van der Waals surface area contributed by atoms with Crippen LogP contribution in [0.1, 0.15) is 6.92 Å². The predicted octanol–water partition coefficient (Wildman–Crippen LogP) is 1.54. The summed E-state index contributed by atoms with van der Waals surface area (Å²) in [6, 6.07) is 7.47. The van der Waals surface area contributed by atoms with E-state index in [0.717, 1.165) is 9.26 Å². The average molecular weight is 321 g/mol. The molecule has 5 heteroatoms. The van der Waals surface area contributed by atoms with Crippen molar-refractivity contribution in [3.63, 3.8) is 0 Å². The summed E-state index contributed by atoms with van der Waals surface area (Å²) in [5, 5.41) is 21.0. The molecule has 1 aromatic rings. The van der Waals surface area contributed by atoms with E-state index >= 15 is 0 Å². The highest BCUT2D eigenvalue weighted by Gasteiger charge is 2.29. The Labute approximate surface area is 101 Å². The lowest BCUT2D eigenvalue weighted by molar-refractivity contribution is -0.155. The van der Waals surface area contributed by atoms with Gasteiger partial charge in [-0.1, -0.05) is 0 Å². The summed E-state index contributed by atoms with van der Waals surface area (Å²) in [7, 11) is 0. The number of anilines is 1. The van der Waals surface area contributed by atoms with Gasteiger partial charge in [0.25, 0.3) is 0 Å². The molecule has 0 aromatic heterocycles. The molecular weight excluding hydrogens is 309 g/mol. The van der Waals surface area contributed by atoms with Gasteiger partial charge in [0.05, 0.1) is 6.54 Å². The molecule has 0 saturated carbocycles. The molecule has 1 atom stereocenters. The van der Waals surface area contributed by atoms with Crippen molar-refractivity contribution in [1.82, 2.24) is 0 Å². The second kappa shape index (κ2) is 4.80. The molecule has 0 fully saturated rings. The standard InChI is InChI=1S/C10H12INO3/c1-10(15,9(13)14)6-12-8-4-2-7(11)3-5-8/h2-5,12,15H,6H2,1H3,(H,13,14). The fourth-order valence-corrected chi connectivity index (χ4v) is 1.28. The molecule has 15 heavy (non-hydrogen) atoms. The zero-order valence-corrected chi connectivity index (χ0v) is 10.4. The average Bonchev–Trinajstić information content (AvgIpc) is 2.17. The highest BCUT2D eigenvalue weighted by Crippen LogP contribution is 2.12. The Morgan fingerprint density at radius 1 is 1.47 bits per heavy atom. The molecule has 0 aliphatic rings. The van der Waals surface area contributed by atoms with Crippen molar-refractivity contribution >= 4 is 34.2 Å². The summed E-state index contributed by atoms with van der Waals surface area (Å²) in [5.41, 5.74) is -0.958. The first kappa shape index (κ1) is 12.3. The van der Waals surface area contributed by atoms with Gasteiger partial charge in [-0.25, -0.2) is 4.79 Å². The first-order valence-corrected chi connectivity index (χ1v) is 5.45. The van der Waals surface area contributed by atoms with Crippen LogP contribution in [-0.2, 0) is 4.79 Å². The summed E-state index contributed by atoms with van der Waals surface area (Å²) in [6.07, 6.45) is 0. The number of aliphatic carboxylic acids is 1. The maximum Gasteiger partial charge on any atom is 0.337 e. The number of hydrogen-bond donors (Lipinski definition) is 3. The molecule has 82 valence electrons. The third-order valence-electron chi connectivity index (χ3n) is 1.94. The Balaban J connectivity index is 2.57. The van der Waals surface area contributed by atoms with Crippen molar-refractivity contribution in [2.75, 3.05) is 11.9 Å². The number of hydrogen-bond acceptors (Lipinski definition) is 3. The lowest BCUT2D eigenvalue weighted by Gasteiger charge is -2.18. The summed E-state index contributed by atoms with van der Waals surface area (Å²) in [4.78, 5) is 10.6. The van der Waals surface area contributed by atoms with Crippen LogP contribution >= 0.6 is 22.6 Å². The molecule has 1 aromatic carbocycles. The van der Waals surface area contributed by atoms with Gasteiger partial charge in [-0.05, 0) is 53.8 Å². The van der Waals surface area contributed by atoms with E-state index in [4.69, 9.17) is 5.11 Å². The minimum Gasteiger partial charge on any atom is -0.479 e. The molecule has 0 radical (unpaired) electrons. The quantitative estimate of drug-likeness (QED) is 0.736. The van der Waals surface area contributed by atoms with Gasteiger partial charge in [0, 0.05) is 9.26 Å². The van der Waals surface area contributed by atoms with Crippen LogP contribution < -0.4 is 5.32 Å². The maximum atomic E-state index is 10.6. The first-order chi connectivity index (χ1) is 6.92. The number of halogens is 1. The van der Waals surface area contributed by atoms with Gasteiger partial charge in [0.1, 0.15) is 0 Å². The van der Waals surface area contributed by atoms with E-state index in [0.29, 0.717) is 0 Å². The molecule has 3 N–H and O–H groups in total. The lowest BCUT2D eigenvalue weighted by Crippen LogP contribution is -2.41. The van der Waals surface area contributed by atoms with Crippen molar-refractivity contribution in [1.29, 1.82) is 0 Å². The normalized spacial score (nSPS) is 14.3. The highest BCUT2D eigenvalue weighted by atomic mass is 127. The van der Waals surface area contributed by atoms with Crippen LogP contribution in [0.4, 0.5) is 5.69 Å². The number of carbonyl (C=O) groups is 1. The first-order valence-electron chi connectivity index (χ1n) is 4.37. The Bertz CT molecular complexity index is 348. The topological polar surface area (TPSA) is 69.6 Å². The van der Waals surface area contributed by atoms with Crippen LogP contribution in [0, 0.1) is 3.57 Å². The SMILES string of the molecule is CC(O)(CNc1ccc(I)cc1)C(=O)O. The van der Waals surface area contributed by atoms with Gasteiger partial charge in [-0.3, -0.25) is 0 Å². The van der Waals surface area contributed by atoms with Crippen molar-refractivity contribution in [3.8, 4) is 0 Å². The maximum absolute atomic E-state index is 10.6. The smallest absolute Gasteiger partial charge is 0.337 e. The summed E-state index contributed by atoms with van der Waals surface area (Å²) in [6.45, 7) is 1.23. The molecule has 1 rings (SSSR count). The van der Waals surface area contributed by atoms with E-state index in [1.807, 2.05) is 24.3 Å². The Hall–Kier alpha value is -0.820. The second-order valence-corrected chi connectivity index (χ2v) is 4.69. The van der Waals surface area contributed by atoms with E-state index in [1.165, 1.54) is 6.92 Å². The highest BCUT2D eigenvalue weighted by molar-refractivity contribution is 14.1. The molecule has 0 heterocycles. The van der Waals surface area contributed by atoms with Gasteiger partial charge >= 0.3 is 5.97 Å². The van der Waals surface area contributed by atoms with E-state index in [9.17, 15) is 9.90 Å². The van der Waals surface area contributed by atoms with Crippen molar-refractivity contribution in [3.05, 3.63) is 27.8 Å². The molecule has 0 amide bonds. The zero-order chi connectivity index (χ0) is 11.5. The number of carboxylic acid groups (broad SMARTS) is 1. The molecule has 4 nitrogen and oxygen atoms in total. The predicted molar refractivity (Wildman–Crippen MR) is 65.9 cm³/mol. The molecule has 1 unspecified atom stereocenters. The van der Waals surface area contributed by atoms with Crippen LogP contribution in [0.15, 0.2) is 24.3 Å². The minimum absolute atomic E-state index is 0.0249. The largest absolute Gasteiger partial charge is 0.479 e.